The van der Waals surface area contributed by atoms with Crippen molar-refractivity contribution in [1.82, 2.24) is 9.97 Å². The van der Waals surface area contributed by atoms with Crippen LogP contribution in [0.15, 0.2) is 24.3 Å². The number of nitrogens with zero attached hydrogens (tertiary/aromatic N) is 2. The first-order valence-corrected chi connectivity index (χ1v) is 4.29. The highest BCUT2D eigenvalue weighted by molar-refractivity contribution is 6.13. The first kappa shape index (κ1) is 8.05. The summed E-state index contributed by atoms with van der Waals surface area (Å²) in [5, 5.41) is 0. The molecule has 0 saturated carbocycles. The van der Waals surface area contributed by atoms with Crippen LogP contribution in [0.2, 0.25) is 0 Å². The van der Waals surface area contributed by atoms with Crippen LogP contribution in [-0.2, 0) is 4.74 Å². The Morgan fingerprint density at radius 2 is 1.33 bits per heavy atom. The van der Waals surface area contributed by atoms with E-state index in [0.29, 0.717) is 11.0 Å². The maximum atomic E-state index is 11.2. The summed E-state index contributed by atoms with van der Waals surface area (Å²) in [4.78, 5) is 30.4. The Balaban J connectivity index is 2.41. The summed E-state index contributed by atoms with van der Waals surface area (Å²) in [5.41, 5.74) is 1.14. The number of aromatic nitrogens is 2. The van der Waals surface area contributed by atoms with Crippen molar-refractivity contribution in [3.8, 4) is 0 Å². The molecule has 0 fully saturated rings. The number of esters is 2. The lowest BCUT2D eigenvalue weighted by atomic mass is 10.2. The molecule has 0 unspecified atom stereocenters. The number of para-hydroxylation sites is 2. The first-order valence-electron chi connectivity index (χ1n) is 4.29. The Morgan fingerprint density at radius 1 is 0.867 bits per heavy atom. The van der Waals surface area contributed by atoms with Crippen molar-refractivity contribution >= 4 is 23.0 Å². The predicted molar refractivity (Wildman–Crippen MR) is 49.3 cm³/mol. The number of ether oxygens (including phenoxy) is 1. The number of carbonyl (C=O) groups is 2. The fraction of sp³-hybridized carbons (Fsp3) is 0. The van der Waals surface area contributed by atoms with Crippen molar-refractivity contribution in [1.29, 1.82) is 0 Å². The molecule has 0 bridgehead atoms. The van der Waals surface area contributed by atoms with Gasteiger partial charge in [-0.3, -0.25) is 0 Å². The Labute approximate surface area is 83.7 Å². The van der Waals surface area contributed by atoms with Gasteiger partial charge in [0, 0.05) is 0 Å². The second-order valence-corrected chi connectivity index (χ2v) is 3.09. The molecule has 1 aliphatic heterocycles. The van der Waals surface area contributed by atoms with E-state index in [0.717, 1.165) is 0 Å². The average molecular weight is 200 g/mol. The molecule has 72 valence electrons. The Bertz CT molecular complexity index is 554. The fourth-order valence-corrected chi connectivity index (χ4v) is 1.47. The summed E-state index contributed by atoms with van der Waals surface area (Å²) in [5.74, 6) is -1.46. The molecule has 0 saturated heterocycles. The van der Waals surface area contributed by atoms with E-state index in [1.54, 1.807) is 24.3 Å². The van der Waals surface area contributed by atoms with E-state index in [1.807, 2.05) is 0 Å². The molecule has 0 N–H and O–H groups in total. The molecule has 0 atom stereocenters. The highest BCUT2D eigenvalue weighted by Crippen LogP contribution is 2.19. The molecular weight excluding hydrogens is 196 g/mol. The third-order valence-electron chi connectivity index (χ3n) is 2.14. The van der Waals surface area contributed by atoms with Gasteiger partial charge in [0.15, 0.2) is 11.4 Å². The third-order valence-corrected chi connectivity index (χ3v) is 2.14. The lowest BCUT2D eigenvalue weighted by Crippen LogP contribution is -1.99. The zero-order valence-electron chi connectivity index (χ0n) is 7.43. The topological polar surface area (TPSA) is 69.2 Å². The van der Waals surface area contributed by atoms with E-state index in [-0.39, 0.29) is 11.4 Å². The van der Waals surface area contributed by atoms with Crippen LogP contribution >= 0.6 is 0 Å². The van der Waals surface area contributed by atoms with Crippen LogP contribution in [-0.4, -0.2) is 21.9 Å². The normalized spacial score (nSPS) is 14.1. The number of cyclic esters (lactones) is 2. The molecule has 1 aliphatic rings. The smallest absolute Gasteiger partial charge is 0.367 e. The number of rotatable bonds is 0. The summed E-state index contributed by atoms with van der Waals surface area (Å²) in [6, 6.07) is 7.01. The Kier molecular flexibility index (Phi) is 1.39. The first-order chi connectivity index (χ1) is 7.25. The summed E-state index contributed by atoms with van der Waals surface area (Å²) in [6.45, 7) is 0. The van der Waals surface area contributed by atoms with Gasteiger partial charge >= 0.3 is 11.9 Å². The minimum atomic E-state index is -0.728. The van der Waals surface area contributed by atoms with E-state index in [1.165, 1.54) is 0 Å². The molecule has 3 rings (SSSR count). The zero-order valence-corrected chi connectivity index (χ0v) is 7.43. The molecule has 0 aliphatic carbocycles. The SMILES string of the molecule is O=C1OC(=O)c2nc3ccccc3nc21. The van der Waals surface area contributed by atoms with E-state index < -0.39 is 11.9 Å². The van der Waals surface area contributed by atoms with Crippen LogP contribution in [0, 0.1) is 0 Å². The largest absolute Gasteiger partial charge is 0.383 e. The van der Waals surface area contributed by atoms with Gasteiger partial charge in [-0.15, -0.1) is 0 Å². The van der Waals surface area contributed by atoms with Gasteiger partial charge in [0.1, 0.15) is 0 Å². The van der Waals surface area contributed by atoms with E-state index in [2.05, 4.69) is 14.7 Å². The van der Waals surface area contributed by atoms with Crippen LogP contribution in [0.5, 0.6) is 0 Å². The van der Waals surface area contributed by atoms with Gasteiger partial charge in [-0.2, -0.15) is 0 Å². The van der Waals surface area contributed by atoms with Crippen LogP contribution in [0.3, 0.4) is 0 Å². The van der Waals surface area contributed by atoms with Gasteiger partial charge in [-0.1, -0.05) is 12.1 Å². The molecule has 5 heteroatoms. The molecule has 2 heterocycles. The monoisotopic (exact) mass is 200 g/mol. The molecule has 0 radical (unpaired) electrons. The van der Waals surface area contributed by atoms with Crippen molar-refractivity contribution in [3.63, 3.8) is 0 Å². The van der Waals surface area contributed by atoms with Gasteiger partial charge in [0.25, 0.3) is 0 Å². The van der Waals surface area contributed by atoms with Crippen molar-refractivity contribution in [3.05, 3.63) is 35.7 Å². The van der Waals surface area contributed by atoms with Gasteiger partial charge in [0.2, 0.25) is 0 Å². The van der Waals surface area contributed by atoms with Crippen LogP contribution < -0.4 is 0 Å². The van der Waals surface area contributed by atoms with Gasteiger partial charge in [-0.05, 0) is 12.1 Å². The molecule has 0 spiro atoms. The summed E-state index contributed by atoms with van der Waals surface area (Å²) in [7, 11) is 0. The molecule has 0 amide bonds. The van der Waals surface area contributed by atoms with Gasteiger partial charge < -0.3 is 4.74 Å². The summed E-state index contributed by atoms with van der Waals surface area (Å²) in [6.07, 6.45) is 0. The van der Waals surface area contributed by atoms with E-state index in [4.69, 9.17) is 0 Å². The van der Waals surface area contributed by atoms with Gasteiger partial charge in [-0.25, -0.2) is 19.6 Å². The second kappa shape index (κ2) is 2.60. The molecule has 15 heavy (non-hydrogen) atoms. The molecular formula is C10H4N2O3. The van der Waals surface area contributed by atoms with E-state index >= 15 is 0 Å². The number of carbonyl (C=O) groups excluding carboxylic acids is 2. The van der Waals surface area contributed by atoms with Crippen LogP contribution in [0.4, 0.5) is 0 Å². The summed E-state index contributed by atoms with van der Waals surface area (Å²) < 4.78 is 4.40. The fourth-order valence-electron chi connectivity index (χ4n) is 1.47. The minimum Gasteiger partial charge on any atom is -0.383 e. The highest BCUT2D eigenvalue weighted by Gasteiger charge is 2.33. The van der Waals surface area contributed by atoms with Crippen molar-refractivity contribution in [2.45, 2.75) is 0 Å². The maximum absolute atomic E-state index is 11.2. The molecule has 1 aromatic carbocycles. The molecule has 2 aromatic rings. The molecule has 5 nitrogen and oxygen atoms in total. The number of hydrogen-bond donors (Lipinski definition) is 0. The lowest BCUT2D eigenvalue weighted by molar-refractivity contribution is 0.0439. The van der Waals surface area contributed by atoms with Gasteiger partial charge in [0.05, 0.1) is 11.0 Å². The lowest BCUT2D eigenvalue weighted by Gasteiger charge is -1.96. The predicted octanol–water partition coefficient (Wildman–Crippen LogP) is 0.940. The number of hydrogen-bond acceptors (Lipinski definition) is 5. The van der Waals surface area contributed by atoms with Crippen LogP contribution in [0.1, 0.15) is 21.0 Å². The molecule has 1 aromatic heterocycles. The maximum Gasteiger partial charge on any atom is 0.367 e. The second-order valence-electron chi connectivity index (χ2n) is 3.09. The van der Waals surface area contributed by atoms with Crippen molar-refractivity contribution < 1.29 is 14.3 Å². The number of benzene rings is 1. The standard InChI is InChI=1S/C10H4N2O3/c13-9-7-8(10(14)15-9)12-6-4-2-1-3-5(6)11-7/h1-4H. The number of fused-ring (bicyclic) bond motifs is 2. The van der Waals surface area contributed by atoms with Crippen LogP contribution in [0.25, 0.3) is 11.0 Å². The Morgan fingerprint density at radius 3 is 1.80 bits per heavy atom. The quantitative estimate of drug-likeness (QED) is 0.467. The van der Waals surface area contributed by atoms with Crippen molar-refractivity contribution in [2.75, 3.05) is 0 Å². The zero-order chi connectivity index (χ0) is 10.4. The highest BCUT2D eigenvalue weighted by atomic mass is 16.6. The van der Waals surface area contributed by atoms with Crippen molar-refractivity contribution in [2.24, 2.45) is 0 Å². The van der Waals surface area contributed by atoms with E-state index in [9.17, 15) is 9.59 Å². The minimum absolute atomic E-state index is 0.00120. The average Bonchev–Trinajstić information content (AvgIpc) is 2.52. The summed E-state index contributed by atoms with van der Waals surface area (Å²) >= 11 is 0. The Hall–Kier alpha value is -2.30. The third kappa shape index (κ3) is 1.03.